The van der Waals surface area contributed by atoms with Crippen molar-refractivity contribution in [1.82, 2.24) is 5.32 Å². The maximum absolute atomic E-state index is 13.4. The Labute approximate surface area is 113 Å². The first kappa shape index (κ1) is 15.4. The molecule has 0 amide bonds. The van der Waals surface area contributed by atoms with E-state index >= 15 is 0 Å². The average molecular weight is 274 g/mol. The molecule has 0 spiro atoms. The molecule has 0 fully saturated rings. The smallest absolute Gasteiger partial charge is 0.127 e. The number of hydrogen-bond donors (Lipinski definition) is 2. The van der Waals surface area contributed by atoms with Crippen molar-refractivity contribution in [2.75, 3.05) is 6.54 Å². The molecule has 0 radical (unpaired) electrons. The SMILES string of the molecule is CCC(CC)C(O)CNCc1cc(Cl)ccc1F. The van der Waals surface area contributed by atoms with Gasteiger partial charge in [-0.25, -0.2) is 4.39 Å². The lowest BCUT2D eigenvalue weighted by molar-refractivity contribution is 0.101. The summed E-state index contributed by atoms with van der Waals surface area (Å²) in [6.45, 7) is 4.98. The van der Waals surface area contributed by atoms with E-state index in [0.29, 0.717) is 29.6 Å². The quantitative estimate of drug-likeness (QED) is 0.798. The molecule has 1 aromatic rings. The largest absolute Gasteiger partial charge is 0.392 e. The summed E-state index contributed by atoms with van der Waals surface area (Å²) in [4.78, 5) is 0. The molecule has 0 saturated carbocycles. The first-order valence-corrected chi connectivity index (χ1v) is 6.79. The Balaban J connectivity index is 2.44. The summed E-state index contributed by atoms with van der Waals surface area (Å²) >= 11 is 5.81. The van der Waals surface area contributed by atoms with Crippen molar-refractivity contribution in [3.05, 3.63) is 34.6 Å². The Hall–Kier alpha value is -0.640. The number of benzene rings is 1. The topological polar surface area (TPSA) is 32.3 Å². The summed E-state index contributed by atoms with van der Waals surface area (Å²) in [5, 5.41) is 13.5. The Morgan fingerprint density at radius 3 is 2.61 bits per heavy atom. The van der Waals surface area contributed by atoms with E-state index in [-0.39, 0.29) is 11.9 Å². The Bertz CT molecular complexity index is 369. The van der Waals surface area contributed by atoms with Gasteiger partial charge in [0.25, 0.3) is 0 Å². The van der Waals surface area contributed by atoms with E-state index < -0.39 is 0 Å². The van der Waals surface area contributed by atoms with E-state index in [9.17, 15) is 9.50 Å². The highest BCUT2D eigenvalue weighted by molar-refractivity contribution is 6.30. The summed E-state index contributed by atoms with van der Waals surface area (Å²) in [5.74, 6) is 0.0191. The molecule has 1 atom stereocenters. The van der Waals surface area contributed by atoms with Gasteiger partial charge in [-0.05, 0) is 24.1 Å². The lowest BCUT2D eigenvalue weighted by Crippen LogP contribution is -2.32. The van der Waals surface area contributed by atoms with Gasteiger partial charge in [-0.2, -0.15) is 0 Å². The highest BCUT2D eigenvalue weighted by Gasteiger charge is 2.14. The molecule has 1 unspecified atom stereocenters. The highest BCUT2D eigenvalue weighted by Crippen LogP contribution is 2.15. The van der Waals surface area contributed by atoms with Crippen molar-refractivity contribution >= 4 is 11.6 Å². The molecule has 4 heteroatoms. The second-order valence-electron chi connectivity index (χ2n) is 4.51. The predicted molar refractivity (Wildman–Crippen MR) is 73.2 cm³/mol. The molecular formula is C14H21ClFNO. The van der Waals surface area contributed by atoms with Gasteiger partial charge in [0.1, 0.15) is 5.82 Å². The molecule has 2 nitrogen and oxygen atoms in total. The van der Waals surface area contributed by atoms with Crippen LogP contribution in [0.15, 0.2) is 18.2 Å². The van der Waals surface area contributed by atoms with Crippen LogP contribution in [-0.4, -0.2) is 17.8 Å². The minimum absolute atomic E-state index is 0.274. The number of aliphatic hydroxyl groups excluding tert-OH is 1. The normalized spacial score (nSPS) is 13.0. The second-order valence-corrected chi connectivity index (χ2v) is 4.95. The van der Waals surface area contributed by atoms with Gasteiger partial charge in [0, 0.05) is 23.7 Å². The fourth-order valence-corrected chi connectivity index (χ4v) is 2.23. The maximum Gasteiger partial charge on any atom is 0.127 e. The fraction of sp³-hybridized carbons (Fsp3) is 0.571. The monoisotopic (exact) mass is 273 g/mol. The number of hydrogen-bond acceptors (Lipinski definition) is 2. The van der Waals surface area contributed by atoms with Crippen molar-refractivity contribution in [1.29, 1.82) is 0 Å². The molecule has 0 aliphatic heterocycles. The van der Waals surface area contributed by atoms with Gasteiger partial charge in [0.05, 0.1) is 6.10 Å². The van der Waals surface area contributed by atoms with Crippen LogP contribution in [0, 0.1) is 11.7 Å². The van der Waals surface area contributed by atoms with Crippen LogP contribution in [-0.2, 0) is 6.54 Å². The van der Waals surface area contributed by atoms with Gasteiger partial charge < -0.3 is 10.4 Å². The van der Waals surface area contributed by atoms with Crippen LogP contribution in [0.3, 0.4) is 0 Å². The molecule has 102 valence electrons. The van der Waals surface area contributed by atoms with Gasteiger partial charge in [0.2, 0.25) is 0 Å². The zero-order valence-corrected chi connectivity index (χ0v) is 11.7. The number of aliphatic hydroxyl groups is 1. The van der Waals surface area contributed by atoms with E-state index in [1.54, 1.807) is 6.07 Å². The van der Waals surface area contributed by atoms with Crippen LogP contribution in [0.4, 0.5) is 4.39 Å². The van der Waals surface area contributed by atoms with Crippen LogP contribution < -0.4 is 5.32 Å². The molecule has 1 rings (SSSR count). The van der Waals surface area contributed by atoms with Crippen molar-refractivity contribution in [3.63, 3.8) is 0 Å². The Kier molecular flexibility index (Phi) is 6.61. The lowest BCUT2D eigenvalue weighted by atomic mass is 9.96. The van der Waals surface area contributed by atoms with Crippen LogP contribution in [0.2, 0.25) is 5.02 Å². The molecule has 0 aliphatic rings. The van der Waals surface area contributed by atoms with Crippen molar-refractivity contribution in [2.24, 2.45) is 5.92 Å². The third-order valence-corrected chi connectivity index (χ3v) is 3.50. The number of nitrogens with one attached hydrogen (secondary N) is 1. The number of rotatable bonds is 7. The summed E-state index contributed by atoms with van der Waals surface area (Å²) in [7, 11) is 0. The van der Waals surface area contributed by atoms with Crippen molar-refractivity contribution in [2.45, 2.75) is 39.3 Å². The van der Waals surface area contributed by atoms with Gasteiger partial charge in [-0.15, -0.1) is 0 Å². The number of halogens is 2. The molecule has 18 heavy (non-hydrogen) atoms. The zero-order valence-electron chi connectivity index (χ0n) is 10.9. The highest BCUT2D eigenvalue weighted by atomic mass is 35.5. The van der Waals surface area contributed by atoms with Crippen LogP contribution >= 0.6 is 11.6 Å². The molecule has 0 bridgehead atoms. The third-order valence-electron chi connectivity index (χ3n) is 3.27. The lowest BCUT2D eigenvalue weighted by Gasteiger charge is -2.20. The summed E-state index contributed by atoms with van der Waals surface area (Å²) < 4.78 is 13.4. The van der Waals surface area contributed by atoms with Crippen LogP contribution in [0.5, 0.6) is 0 Å². The maximum atomic E-state index is 13.4. The molecular weight excluding hydrogens is 253 g/mol. The van der Waals surface area contributed by atoms with Gasteiger partial charge in [-0.1, -0.05) is 38.3 Å². The summed E-state index contributed by atoms with van der Waals surface area (Å²) in [6, 6.07) is 4.49. The first-order chi connectivity index (χ1) is 8.58. The summed E-state index contributed by atoms with van der Waals surface area (Å²) in [5.41, 5.74) is 0.527. The Morgan fingerprint density at radius 2 is 2.00 bits per heavy atom. The predicted octanol–water partition coefficient (Wildman–Crippen LogP) is 3.37. The van der Waals surface area contributed by atoms with E-state index in [0.717, 1.165) is 12.8 Å². The van der Waals surface area contributed by atoms with Crippen molar-refractivity contribution in [3.8, 4) is 0 Å². The molecule has 0 aliphatic carbocycles. The Morgan fingerprint density at radius 1 is 1.33 bits per heavy atom. The van der Waals surface area contributed by atoms with E-state index in [2.05, 4.69) is 19.2 Å². The average Bonchev–Trinajstić information content (AvgIpc) is 2.35. The van der Waals surface area contributed by atoms with Gasteiger partial charge >= 0.3 is 0 Å². The summed E-state index contributed by atoms with van der Waals surface area (Å²) in [6.07, 6.45) is 1.51. The van der Waals surface area contributed by atoms with Gasteiger partial charge in [-0.3, -0.25) is 0 Å². The van der Waals surface area contributed by atoms with Gasteiger partial charge in [0.15, 0.2) is 0 Å². The second kappa shape index (κ2) is 7.72. The molecule has 1 aromatic carbocycles. The van der Waals surface area contributed by atoms with Crippen LogP contribution in [0.25, 0.3) is 0 Å². The van der Waals surface area contributed by atoms with E-state index in [4.69, 9.17) is 11.6 Å². The first-order valence-electron chi connectivity index (χ1n) is 6.41. The zero-order chi connectivity index (χ0) is 13.5. The fourth-order valence-electron chi connectivity index (χ4n) is 2.03. The molecule has 0 saturated heterocycles. The van der Waals surface area contributed by atoms with Crippen LogP contribution in [0.1, 0.15) is 32.3 Å². The minimum Gasteiger partial charge on any atom is -0.392 e. The standard InChI is InChI=1S/C14H21ClFNO/c1-3-10(4-2)14(18)9-17-8-11-7-12(15)5-6-13(11)16/h5-7,10,14,17-18H,3-4,8-9H2,1-2H3. The van der Waals surface area contributed by atoms with E-state index in [1.807, 2.05) is 0 Å². The van der Waals surface area contributed by atoms with Crippen molar-refractivity contribution < 1.29 is 9.50 Å². The van der Waals surface area contributed by atoms with E-state index in [1.165, 1.54) is 12.1 Å². The molecule has 0 aromatic heterocycles. The molecule has 2 N–H and O–H groups in total. The third kappa shape index (κ3) is 4.56. The minimum atomic E-state index is -0.387. The molecule has 0 heterocycles.